The summed E-state index contributed by atoms with van der Waals surface area (Å²) in [4.78, 5) is 17.7. The van der Waals surface area contributed by atoms with Crippen LogP contribution in [0, 0.1) is 11.6 Å². The summed E-state index contributed by atoms with van der Waals surface area (Å²) in [5.74, 6) is -3.27. The summed E-state index contributed by atoms with van der Waals surface area (Å²) in [7, 11) is 0. The van der Waals surface area contributed by atoms with Crippen molar-refractivity contribution in [2.45, 2.75) is 19.9 Å². The molecule has 0 atom stereocenters. The molecule has 0 aliphatic carbocycles. The second kappa shape index (κ2) is 7.63. The number of rotatable bonds is 5. The second-order valence-corrected chi connectivity index (χ2v) is 5.72. The Hall–Kier alpha value is -2.77. The zero-order valence-corrected chi connectivity index (χ0v) is 14.1. The number of pyridine rings is 1. The van der Waals surface area contributed by atoms with Crippen molar-refractivity contribution in [2.75, 3.05) is 24.9 Å². The molecular formula is C18H17F3N2O3. The van der Waals surface area contributed by atoms with Gasteiger partial charge in [-0.25, -0.2) is 18.6 Å². The van der Waals surface area contributed by atoms with Crippen molar-refractivity contribution >= 4 is 11.7 Å². The van der Waals surface area contributed by atoms with E-state index in [1.807, 2.05) is 4.90 Å². The predicted molar refractivity (Wildman–Crippen MR) is 87.9 cm³/mol. The smallest absolute Gasteiger partial charge is 0.356 e. The molecule has 0 saturated heterocycles. The zero-order valence-electron chi connectivity index (χ0n) is 14.1. The fourth-order valence-corrected chi connectivity index (χ4v) is 2.87. The Bertz CT molecular complexity index is 830. The molecule has 1 aromatic carbocycles. The van der Waals surface area contributed by atoms with Crippen molar-refractivity contribution in [3.63, 3.8) is 0 Å². The lowest BCUT2D eigenvalue weighted by Crippen LogP contribution is -2.31. The van der Waals surface area contributed by atoms with Gasteiger partial charge in [-0.2, -0.15) is 4.39 Å². The van der Waals surface area contributed by atoms with Crippen LogP contribution in [0.5, 0.6) is 5.75 Å². The number of nitrogens with zero attached hydrogens (tertiary/aromatic N) is 2. The van der Waals surface area contributed by atoms with Crippen molar-refractivity contribution in [1.29, 1.82) is 0 Å². The maximum Gasteiger partial charge on any atom is 0.356 e. The number of carbonyl (C=O) groups excluding carboxylic acids is 1. The van der Waals surface area contributed by atoms with Gasteiger partial charge in [0.2, 0.25) is 12.7 Å². The molecular weight excluding hydrogens is 349 g/mol. The van der Waals surface area contributed by atoms with Crippen molar-refractivity contribution in [2.24, 2.45) is 0 Å². The Labute approximate surface area is 148 Å². The normalized spacial score (nSPS) is 13.3. The minimum absolute atomic E-state index is 0.241. The average Bonchev–Trinajstić information content (AvgIpc) is 2.64. The van der Waals surface area contributed by atoms with Gasteiger partial charge in [-0.3, -0.25) is 0 Å². The topological polar surface area (TPSA) is 51.7 Å². The SMILES string of the molecule is CCOC(=O)c1cc2c(cn1)CN(c1cc(F)c(F)c(OCF)c1)CC2. The lowest BCUT2D eigenvalue weighted by Gasteiger charge is -2.31. The summed E-state index contributed by atoms with van der Waals surface area (Å²) in [6, 6.07) is 4.00. The van der Waals surface area contributed by atoms with E-state index in [0.29, 0.717) is 25.2 Å². The third-order valence-corrected chi connectivity index (χ3v) is 4.13. The van der Waals surface area contributed by atoms with Gasteiger partial charge in [-0.05, 0) is 30.5 Å². The fraction of sp³-hybridized carbons (Fsp3) is 0.333. The molecule has 0 amide bonds. The van der Waals surface area contributed by atoms with E-state index in [2.05, 4.69) is 9.72 Å². The standard InChI is InChI=1S/C18H17F3N2O3/c1-2-25-18(24)15-5-11-3-4-23(9-12(11)8-22-15)13-6-14(20)17(21)16(7-13)26-10-19/h5-8H,2-4,9-10H2,1H3. The van der Waals surface area contributed by atoms with E-state index >= 15 is 0 Å². The fourth-order valence-electron chi connectivity index (χ4n) is 2.87. The number of aromatic nitrogens is 1. The zero-order chi connectivity index (χ0) is 18.7. The van der Waals surface area contributed by atoms with Crippen LogP contribution in [0.25, 0.3) is 0 Å². The van der Waals surface area contributed by atoms with Gasteiger partial charge in [-0.15, -0.1) is 0 Å². The second-order valence-electron chi connectivity index (χ2n) is 5.72. The van der Waals surface area contributed by atoms with Crippen LogP contribution in [0.15, 0.2) is 24.4 Å². The van der Waals surface area contributed by atoms with Crippen molar-refractivity contribution in [3.8, 4) is 5.75 Å². The van der Waals surface area contributed by atoms with E-state index < -0.39 is 30.2 Å². The number of esters is 1. The first kappa shape index (κ1) is 18.0. The van der Waals surface area contributed by atoms with Gasteiger partial charge in [0.25, 0.3) is 0 Å². The van der Waals surface area contributed by atoms with Gasteiger partial charge in [0, 0.05) is 37.1 Å². The van der Waals surface area contributed by atoms with Gasteiger partial charge >= 0.3 is 5.97 Å². The third kappa shape index (κ3) is 3.58. The number of hydrogen-bond donors (Lipinski definition) is 0. The van der Waals surface area contributed by atoms with Crippen molar-refractivity contribution in [3.05, 3.63) is 52.9 Å². The Kier molecular flexibility index (Phi) is 5.29. The minimum Gasteiger partial charge on any atom is -0.461 e. The first-order chi connectivity index (χ1) is 12.5. The van der Waals surface area contributed by atoms with Crippen LogP contribution in [0.4, 0.5) is 18.9 Å². The van der Waals surface area contributed by atoms with Crippen LogP contribution in [-0.2, 0) is 17.7 Å². The van der Waals surface area contributed by atoms with Gasteiger partial charge in [0.15, 0.2) is 11.6 Å². The number of anilines is 1. The molecule has 0 N–H and O–H groups in total. The Morgan fingerprint density at radius 2 is 2.08 bits per heavy atom. The molecule has 5 nitrogen and oxygen atoms in total. The van der Waals surface area contributed by atoms with Crippen molar-refractivity contribution in [1.82, 2.24) is 4.98 Å². The van der Waals surface area contributed by atoms with Gasteiger partial charge in [0.1, 0.15) is 5.69 Å². The monoisotopic (exact) mass is 366 g/mol. The Morgan fingerprint density at radius 3 is 2.81 bits per heavy atom. The van der Waals surface area contributed by atoms with Gasteiger partial charge in [0.05, 0.1) is 6.61 Å². The van der Waals surface area contributed by atoms with Crippen LogP contribution in [-0.4, -0.2) is 31.0 Å². The number of halogens is 3. The molecule has 1 aliphatic heterocycles. The Balaban J connectivity index is 1.83. The largest absolute Gasteiger partial charge is 0.461 e. The summed E-state index contributed by atoms with van der Waals surface area (Å²) in [5, 5.41) is 0. The Morgan fingerprint density at radius 1 is 1.27 bits per heavy atom. The molecule has 0 unspecified atom stereocenters. The molecule has 0 radical (unpaired) electrons. The van der Waals surface area contributed by atoms with Gasteiger partial charge in [-0.1, -0.05) is 0 Å². The summed E-state index contributed by atoms with van der Waals surface area (Å²) in [6.45, 7) is 1.65. The summed E-state index contributed by atoms with van der Waals surface area (Å²) < 4.78 is 49.2. The van der Waals surface area contributed by atoms with E-state index in [0.717, 1.165) is 17.2 Å². The first-order valence-corrected chi connectivity index (χ1v) is 8.11. The lowest BCUT2D eigenvalue weighted by molar-refractivity contribution is 0.0519. The highest BCUT2D eigenvalue weighted by molar-refractivity contribution is 5.87. The van der Waals surface area contributed by atoms with E-state index in [1.165, 1.54) is 6.07 Å². The minimum atomic E-state index is -1.25. The highest BCUT2D eigenvalue weighted by atomic mass is 19.2. The van der Waals surface area contributed by atoms with E-state index in [1.54, 1.807) is 19.2 Å². The molecule has 0 bridgehead atoms. The summed E-state index contributed by atoms with van der Waals surface area (Å²) in [6.07, 6.45) is 2.16. The van der Waals surface area contributed by atoms with E-state index in [9.17, 15) is 18.0 Å². The van der Waals surface area contributed by atoms with Crippen LogP contribution < -0.4 is 9.64 Å². The molecule has 1 aliphatic rings. The van der Waals surface area contributed by atoms with E-state index in [-0.39, 0.29) is 12.3 Å². The molecule has 1 aromatic heterocycles. The lowest BCUT2D eigenvalue weighted by atomic mass is 10.0. The number of alkyl halides is 1. The number of carbonyl (C=O) groups is 1. The molecule has 26 heavy (non-hydrogen) atoms. The maximum absolute atomic E-state index is 13.8. The number of ether oxygens (including phenoxy) is 2. The molecule has 8 heteroatoms. The summed E-state index contributed by atoms with van der Waals surface area (Å²) >= 11 is 0. The van der Waals surface area contributed by atoms with Crippen LogP contribution in [0.2, 0.25) is 0 Å². The molecule has 3 rings (SSSR count). The van der Waals surface area contributed by atoms with Crippen LogP contribution >= 0.6 is 0 Å². The molecule has 138 valence electrons. The number of benzene rings is 1. The molecule has 0 spiro atoms. The highest BCUT2D eigenvalue weighted by Gasteiger charge is 2.22. The molecule has 0 fully saturated rings. The first-order valence-electron chi connectivity index (χ1n) is 8.11. The molecule has 2 heterocycles. The predicted octanol–water partition coefficient (Wildman–Crippen LogP) is 3.41. The van der Waals surface area contributed by atoms with E-state index in [4.69, 9.17) is 4.74 Å². The summed E-state index contributed by atoms with van der Waals surface area (Å²) in [5.41, 5.74) is 2.43. The quantitative estimate of drug-likeness (QED) is 0.759. The molecule has 2 aromatic rings. The maximum atomic E-state index is 13.8. The van der Waals surface area contributed by atoms with Crippen LogP contribution in [0.3, 0.4) is 0 Å². The number of hydrogen-bond acceptors (Lipinski definition) is 5. The third-order valence-electron chi connectivity index (χ3n) is 4.13. The van der Waals surface area contributed by atoms with Crippen molar-refractivity contribution < 1.29 is 27.4 Å². The highest BCUT2D eigenvalue weighted by Crippen LogP contribution is 2.31. The van der Waals surface area contributed by atoms with Gasteiger partial charge < -0.3 is 14.4 Å². The molecule has 0 saturated carbocycles. The van der Waals surface area contributed by atoms with Crippen LogP contribution in [0.1, 0.15) is 28.5 Å². The number of fused-ring (bicyclic) bond motifs is 1. The average molecular weight is 366 g/mol.